The van der Waals surface area contributed by atoms with Crippen LogP contribution < -0.4 is 5.32 Å². The molecule has 0 aromatic heterocycles. The van der Waals surface area contributed by atoms with Crippen LogP contribution in [0.15, 0.2) is 4.99 Å². The molecule has 1 heterocycles. The molecule has 2 rings (SSSR count). The van der Waals surface area contributed by atoms with Crippen molar-refractivity contribution in [3.63, 3.8) is 0 Å². The molecule has 2 fully saturated rings. The lowest BCUT2D eigenvalue weighted by Gasteiger charge is -2.37. The number of aliphatic hydroxyl groups is 1. The van der Waals surface area contributed by atoms with E-state index in [2.05, 4.69) is 17.1 Å². The van der Waals surface area contributed by atoms with Crippen LogP contribution in [0.1, 0.15) is 52.9 Å². The molecule has 2 aliphatic rings. The van der Waals surface area contributed by atoms with Crippen LogP contribution in [0, 0.1) is 11.8 Å². The Morgan fingerprint density at radius 1 is 1.12 bits per heavy atom. The lowest BCUT2D eigenvalue weighted by molar-refractivity contribution is -0.135. The van der Waals surface area contributed by atoms with E-state index in [-0.39, 0.29) is 17.9 Å². The molecule has 1 atom stereocenters. The number of carbonyl (C=O) groups is 1. The van der Waals surface area contributed by atoms with E-state index in [1.54, 1.807) is 0 Å². The standard InChI is InChI=1S/C19H36N4O2/c1-4-20-19(21-14-17(24)16-8-6-5-7-9-16)23-12-10-22(11-13-23)18(25)15(2)3/h15-17,24H,4-14H2,1-3H3,(H,20,21). The zero-order valence-electron chi connectivity index (χ0n) is 16.2. The zero-order valence-corrected chi connectivity index (χ0v) is 16.2. The molecule has 0 aromatic rings. The summed E-state index contributed by atoms with van der Waals surface area (Å²) in [5.41, 5.74) is 0. The fraction of sp³-hybridized carbons (Fsp3) is 0.895. The summed E-state index contributed by atoms with van der Waals surface area (Å²) in [6, 6.07) is 0. The van der Waals surface area contributed by atoms with Crippen LogP contribution in [-0.4, -0.2) is 72.1 Å². The normalized spacial score (nSPS) is 21.6. The lowest BCUT2D eigenvalue weighted by Crippen LogP contribution is -2.54. The van der Waals surface area contributed by atoms with E-state index in [1.165, 1.54) is 19.3 Å². The fourth-order valence-electron chi connectivity index (χ4n) is 3.78. The van der Waals surface area contributed by atoms with E-state index in [4.69, 9.17) is 4.99 Å². The third kappa shape index (κ3) is 5.87. The Morgan fingerprint density at radius 3 is 2.28 bits per heavy atom. The van der Waals surface area contributed by atoms with Gasteiger partial charge in [0.2, 0.25) is 5.91 Å². The highest BCUT2D eigenvalue weighted by Gasteiger charge is 2.25. The zero-order chi connectivity index (χ0) is 18.2. The van der Waals surface area contributed by atoms with Crippen LogP contribution in [0.3, 0.4) is 0 Å². The minimum Gasteiger partial charge on any atom is -0.391 e. The Balaban J connectivity index is 1.88. The third-order valence-corrected chi connectivity index (χ3v) is 5.34. The average Bonchev–Trinajstić information content (AvgIpc) is 2.65. The quantitative estimate of drug-likeness (QED) is 0.584. The summed E-state index contributed by atoms with van der Waals surface area (Å²) in [5.74, 6) is 1.56. The van der Waals surface area contributed by atoms with E-state index in [1.807, 2.05) is 18.7 Å². The second kappa shape index (κ2) is 10.00. The Labute approximate surface area is 152 Å². The number of carbonyl (C=O) groups excluding carboxylic acids is 1. The van der Waals surface area contributed by atoms with E-state index in [9.17, 15) is 9.90 Å². The molecule has 0 bridgehead atoms. The van der Waals surface area contributed by atoms with Gasteiger partial charge in [-0.3, -0.25) is 9.79 Å². The maximum absolute atomic E-state index is 12.1. The van der Waals surface area contributed by atoms with Crippen molar-refractivity contribution in [2.24, 2.45) is 16.8 Å². The Hall–Kier alpha value is -1.30. The first-order valence-corrected chi connectivity index (χ1v) is 10.0. The van der Waals surface area contributed by atoms with Crippen molar-refractivity contribution in [1.29, 1.82) is 0 Å². The first-order valence-electron chi connectivity index (χ1n) is 10.0. The lowest BCUT2D eigenvalue weighted by atomic mass is 9.85. The van der Waals surface area contributed by atoms with E-state index in [0.29, 0.717) is 12.5 Å². The number of nitrogens with one attached hydrogen (secondary N) is 1. The first-order chi connectivity index (χ1) is 12.0. The van der Waals surface area contributed by atoms with Gasteiger partial charge in [0.25, 0.3) is 0 Å². The van der Waals surface area contributed by atoms with Gasteiger partial charge in [-0.1, -0.05) is 33.1 Å². The summed E-state index contributed by atoms with van der Waals surface area (Å²) < 4.78 is 0. The fourth-order valence-corrected chi connectivity index (χ4v) is 3.78. The summed E-state index contributed by atoms with van der Waals surface area (Å²) in [7, 11) is 0. The van der Waals surface area contributed by atoms with Gasteiger partial charge in [0, 0.05) is 38.6 Å². The van der Waals surface area contributed by atoms with Gasteiger partial charge in [-0.2, -0.15) is 0 Å². The van der Waals surface area contributed by atoms with Crippen molar-refractivity contribution in [3.8, 4) is 0 Å². The third-order valence-electron chi connectivity index (χ3n) is 5.34. The maximum atomic E-state index is 12.1. The van der Waals surface area contributed by atoms with Gasteiger partial charge in [0.15, 0.2) is 5.96 Å². The molecule has 1 aliphatic carbocycles. The van der Waals surface area contributed by atoms with Gasteiger partial charge in [-0.15, -0.1) is 0 Å². The molecule has 1 amide bonds. The molecule has 1 saturated carbocycles. The Kier molecular flexibility index (Phi) is 8.00. The first kappa shape index (κ1) is 20.0. The number of aliphatic imine (C=N–C) groups is 1. The van der Waals surface area contributed by atoms with Gasteiger partial charge in [0.05, 0.1) is 12.6 Å². The molecular formula is C19H36N4O2. The summed E-state index contributed by atoms with van der Waals surface area (Å²) in [6.07, 6.45) is 5.69. The predicted octanol–water partition coefficient (Wildman–Crippen LogP) is 1.69. The van der Waals surface area contributed by atoms with Crippen LogP contribution in [-0.2, 0) is 4.79 Å². The minimum absolute atomic E-state index is 0.0547. The second-order valence-electron chi connectivity index (χ2n) is 7.63. The summed E-state index contributed by atoms with van der Waals surface area (Å²) in [5, 5.41) is 13.8. The molecule has 6 heteroatoms. The Bertz CT molecular complexity index is 439. The van der Waals surface area contributed by atoms with Crippen molar-refractivity contribution in [1.82, 2.24) is 15.1 Å². The molecule has 0 spiro atoms. The number of amides is 1. The molecule has 0 aromatic carbocycles. The van der Waals surface area contributed by atoms with Crippen molar-refractivity contribution in [2.75, 3.05) is 39.3 Å². The minimum atomic E-state index is -0.335. The number of aliphatic hydroxyl groups excluding tert-OH is 1. The smallest absolute Gasteiger partial charge is 0.225 e. The van der Waals surface area contributed by atoms with Crippen molar-refractivity contribution in [2.45, 2.75) is 59.0 Å². The average molecular weight is 353 g/mol. The molecule has 1 aliphatic heterocycles. The molecule has 6 nitrogen and oxygen atoms in total. The molecule has 0 radical (unpaired) electrons. The summed E-state index contributed by atoms with van der Waals surface area (Å²) >= 11 is 0. The highest BCUT2D eigenvalue weighted by Crippen LogP contribution is 2.26. The highest BCUT2D eigenvalue weighted by atomic mass is 16.3. The van der Waals surface area contributed by atoms with Crippen molar-refractivity contribution < 1.29 is 9.90 Å². The van der Waals surface area contributed by atoms with Crippen LogP contribution in [0.2, 0.25) is 0 Å². The van der Waals surface area contributed by atoms with Crippen LogP contribution in [0.5, 0.6) is 0 Å². The molecule has 25 heavy (non-hydrogen) atoms. The molecule has 2 N–H and O–H groups in total. The summed E-state index contributed by atoms with van der Waals surface area (Å²) in [4.78, 5) is 21.0. The van der Waals surface area contributed by atoms with Gasteiger partial charge < -0.3 is 20.2 Å². The SMILES string of the molecule is CCNC(=NCC(O)C1CCCCC1)N1CCN(C(=O)C(C)C)CC1. The Morgan fingerprint density at radius 2 is 1.72 bits per heavy atom. The molecule has 144 valence electrons. The van der Waals surface area contributed by atoms with E-state index >= 15 is 0 Å². The van der Waals surface area contributed by atoms with Crippen LogP contribution >= 0.6 is 0 Å². The topological polar surface area (TPSA) is 68.2 Å². The van der Waals surface area contributed by atoms with Crippen molar-refractivity contribution >= 4 is 11.9 Å². The monoisotopic (exact) mass is 352 g/mol. The largest absolute Gasteiger partial charge is 0.391 e. The van der Waals surface area contributed by atoms with Gasteiger partial charge in [-0.25, -0.2) is 0 Å². The van der Waals surface area contributed by atoms with E-state index in [0.717, 1.165) is 51.5 Å². The maximum Gasteiger partial charge on any atom is 0.225 e. The van der Waals surface area contributed by atoms with Gasteiger partial charge >= 0.3 is 0 Å². The number of nitrogens with zero attached hydrogens (tertiary/aromatic N) is 3. The van der Waals surface area contributed by atoms with Crippen molar-refractivity contribution in [3.05, 3.63) is 0 Å². The van der Waals surface area contributed by atoms with Crippen LogP contribution in [0.4, 0.5) is 0 Å². The molecule has 1 unspecified atom stereocenters. The second-order valence-corrected chi connectivity index (χ2v) is 7.63. The number of hydrogen-bond acceptors (Lipinski definition) is 3. The number of hydrogen-bond donors (Lipinski definition) is 2. The molecule has 1 saturated heterocycles. The van der Waals surface area contributed by atoms with Gasteiger partial charge in [-0.05, 0) is 25.7 Å². The predicted molar refractivity (Wildman–Crippen MR) is 102 cm³/mol. The number of guanidine groups is 1. The van der Waals surface area contributed by atoms with Crippen LogP contribution in [0.25, 0.3) is 0 Å². The van der Waals surface area contributed by atoms with E-state index < -0.39 is 0 Å². The molecular weight excluding hydrogens is 316 g/mol. The highest BCUT2D eigenvalue weighted by molar-refractivity contribution is 5.81. The van der Waals surface area contributed by atoms with Gasteiger partial charge in [0.1, 0.15) is 0 Å². The number of rotatable bonds is 5. The number of piperazine rings is 1. The summed E-state index contributed by atoms with van der Waals surface area (Å²) in [6.45, 7) is 10.3.